The van der Waals surface area contributed by atoms with E-state index in [-0.39, 0.29) is 0 Å². The Labute approximate surface area is 108 Å². The van der Waals surface area contributed by atoms with Crippen LogP contribution >= 0.6 is 11.3 Å². The van der Waals surface area contributed by atoms with Crippen molar-refractivity contribution in [2.45, 2.75) is 6.92 Å². The molecule has 0 N–H and O–H groups in total. The first-order chi connectivity index (χ1) is 8.81. The summed E-state index contributed by atoms with van der Waals surface area (Å²) in [6, 6.07) is 4.13. The van der Waals surface area contributed by atoms with Crippen LogP contribution in [0.5, 0.6) is 5.88 Å². The highest BCUT2D eigenvalue weighted by Crippen LogP contribution is 2.35. The monoisotopic (exact) mass is 257 g/mol. The lowest BCUT2D eigenvalue weighted by Crippen LogP contribution is -1.93. The zero-order valence-electron chi connectivity index (χ0n) is 10.0. The summed E-state index contributed by atoms with van der Waals surface area (Å²) in [5.41, 5.74) is 5.95. The van der Waals surface area contributed by atoms with Gasteiger partial charge < -0.3 is 4.74 Å². The molecule has 0 atom stereocenters. The second-order valence-corrected chi connectivity index (χ2v) is 4.76. The maximum atomic E-state index is 5.28. The molecule has 1 aromatic carbocycles. The Balaban J connectivity index is 2.32. The van der Waals surface area contributed by atoms with Crippen LogP contribution in [0.4, 0.5) is 0 Å². The number of ether oxygens (including phenoxy) is 1. The van der Waals surface area contributed by atoms with Gasteiger partial charge in [-0.25, -0.2) is 15.0 Å². The summed E-state index contributed by atoms with van der Waals surface area (Å²) in [5.74, 6) is 0.572. The van der Waals surface area contributed by atoms with E-state index in [1.54, 1.807) is 24.6 Å². The second kappa shape index (κ2) is 4.34. The molecule has 4 nitrogen and oxygen atoms in total. The van der Waals surface area contributed by atoms with E-state index < -0.39 is 0 Å². The van der Waals surface area contributed by atoms with E-state index in [2.05, 4.69) is 27.9 Å². The van der Waals surface area contributed by atoms with Gasteiger partial charge in [-0.15, -0.1) is 11.3 Å². The number of hydrogen-bond acceptors (Lipinski definition) is 5. The average Bonchev–Trinajstić information content (AvgIpc) is 2.89. The van der Waals surface area contributed by atoms with Gasteiger partial charge in [0.05, 0.1) is 28.4 Å². The van der Waals surface area contributed by atoms with Crippen molar-refractivity contribution >= 4 is 21.6 Å². The number of fused-ring (bicyclic) bond motifs is 1. The van der Waals surface area contributed by atoms with Gasteiger partial charge in [-0.2, -0.15) is 0 Å². The number of nitrogens with zero attached hydrogens (tertiary/aromatic N) is 3. The molecular formula is C13H11N3OS. The summed E-state index contributed by atoms with van der Waals surface area (Å²) < 4.78 is 6.47. The molecule has 0 amide bonds. The number of hydrogen-bond donors (Lipinski definition) is 0. The van der Waals surface area contributed by atoms with Crippen molar-refractivity contribution in [1.82, 2.24) is 15.0 Å². The van der Waals surface area contributed by atoms with Crippen LogP contribution in [0.3, 0.4) is 0 Å². The van der Waals surface area contributed by atoms with E-state index in [1.165, 1.54) is 16.6 Å². The van der Waals surface area contributed by atoms with Crippen molar-refractivity contribution in [1.29, 1.82) is 0 Å². The van der Waals surface area contributed by atoms with Crippen molar-refractivity contribution in [3.8, 4) is 17.0 Å². The molecule has 0 bridgehead atoms. The van der Waals surface area contributed by atoms with Gasteiger partial charge in [0.25, 0.3) is 0 Å². The fourth-order valence-electron chi connectivity index (χ4n) is 1.96. The Bertz CT molecular complexity index is 708. The Hall–Kier alpha value is -2.01. The standard InChI is InChI=1S/C13H11N3OS/c1-8-3-4-9(11-12(8)18-7-16-11)10-5-14-6-15-13(10)17-2/h3-7H,1-2H3. The van der Waals surface area contributed by atoms with Crippen LogP contribution in [0.15, 0.2) is 30.2 Å². The quantitative estimate of drug-likeness (QED) is 0.708. The summed E-state index contributed by atoms with van der Waals surface area (Å²) >= 11 is 1.64. The van der Waals surface area contributed by atoms with Gasteiger partial charge in [0.2, 0.25) is 5.88 Å². The van der Waals surface area contributed by atoms with Crippen LogP contribution in [0.25, 0.3) is 21.3 Å². The highest BCUT2D eigenvalue weighted by atomic mass is 32.1. The largest absolute Gasteiger partial charge is 0.480 e. The number of rotatable bonds is 2. The highest BCUT2D eigenvalue weighted by Gasteiger charge is 2.13. The van der Waals surface area contributed by atoms with Crippen molar-refractivity contribution in [3.63, 3.8) is 0 Å². The third-order valence-electron chi connectivity index (χ3n) is 2.84. The van der Waals surface area contributed by atoms with E-state index >= 15 is 0 Å². The molecule has 90 valence electrons. The molecule has 0 aliphatic rings. The average molecular weight is 257 g/mol. The molecule has 2 aromatic heterocycles. The van der Waals surface area contributed by atoms with Crippen molar-refractivity contribution < 1.29 is 4.74 Å². The molecule has 5 heteroatoms. The fraction of sp³-hybridized carbons (Fsp3) is 0.154. The highest BCUT2D eigenvalue weighted by molar-refractivity contribution is 7.17. The molecule has 3 rings (SSSR count). The first-order valence-corrected chi connectivity index (χ1v) is 6.36. The van der Waals surface area contributed by atoms with Gasteiger partial charge in [0, 0.05) is 11.8 Å². The molecule has 0 aliphatic heterocycles. The molecule has 0 fully saturated rings. The molecule has 2 heterocycles. The zero-order valence-corrected chi connectivity index (χ0v) is 10.9. The van der Waals surface area contributed by atoms with Crippen molar-refractivity contribution in [3.05, 3.63) is 35.7 Å². The molecular weight excluding hydrogens is 246 g/mol. The van der Waals surface area contributed by atoms with Crippen LogP contribution in [-0.4, -0.2) is 22.1 Å². The third-order valence-corrected chi connectivity index (χ3v) is 3.80. The minimum absolute atomic E-state index is 0.572. The van der Waals surface area contributed by atoms with E-state index in [9.17, 15) is 0 Å². The lowest BCUT2D eigenvalue weighted by molar-refractivity contribution is 0.398. The van der Waals surface area contributed by atoms with Crippen LogP contribution in [0, 0.1) is 6.92 Å². The minimum atomic E-state index is 0.572. The predicted molar refractivity (Wildman–Crippen MR) is 71.9 cm³/mol. The van der Waals surface area contributed by atoms with E-state index in [0.717, 1.165) is 16.6 Å². The molecule has 0 aliphatic carbocycles. The lowest BCUT2D eigenvalue weighted by Gasteiger charge is -2.07. The Kier molecular flexibility index (Phi) is 2.68. The van der Waals surface area contributed by atoms with Gasteiger partial charge in [0.15, 0.2) is 0 Å². The summed E-state index contributed by atoms with van der Waals surface area (Å²) in [7, 11) is 1.61. The molecule has 0 saturated heterocycles. The van der Waals surface area contributed by atoms with Crippen molar-refractivity contribution in [2.24, 2.45) is 0 Å². The topological polar surface area (TPSA) is 47.9 Å². The van der Waals surface area contributed by atoms with E-state index in [0.29, 0.717) is 5.88 Å². The van der Waals surface area contributed by atoms with Crippen LogP contribution in [0.1, 0.15) is 5.56 Å². The Morgan fingerprint density at radius 2 is 2.06 bits per heavy atom. The summed E-state index contributed by atoms with van der Waals surface area (Å²) in [5, 5.41) is 0. The minimum Gasteiger partial charge on any atom is -0.480 e. The molecule has 0 unspecified atom stereocenters. The van der Waals surface area contributed by atoms with Gasteiger partial charge >= 0.3 is 0 Å². The van der Waals surface area contributed by atoms with Crippen LogP contribution < -0.4 is 4.74 Å². The summed E-state index contributed by atoms with van der Waals surface area (Å²) in [6.45, 7) is 2.09. The molecule has 0 spiro atoms. The van der Waals surface area contributed by atoms with Crippen LogP contribution in [-0.2, 0) is 0 Å². The Morgan fingerprint density at radius 3 is 2.89 bits per heavy atom. The van der Waals surface area contributed by atoms with E-state index in [1.807, 2.05) is 11.6 Å². The molecule has 3 aromatic rings. The maximum Gasteiger partial charge on any atom is 0.224 e. The summed E-state index contributed by atoms with van der Waals surface area (Å²) in [4.78, 5) is 12.6. The number of aryl methyl sites for hydroxylation is 1. The first kappa shape index (κ1) is 11.1. The third kappa shape index (κ3) is 1.64. The van der Waals surface area contributed by atoms with Gasteiger partial charge in [-0.3, -0.25) is 0 Å². The molecule has 0 radical (unpaired) electrons. The zero-order chi connectivity index (χ0) is 12.5. The lowest BCUT2D eigenvalue weighted by atomic mass is 10.1. The maximum absolute atomic E-state index is 5.28. The van der Waals surface area contributed by atoms with Gasteiger partial charge in [-0.1, -0.05) is 12.1 Å². The van der Waals surface area contributed by atoms with Gasteiger partial charge in [0.1, 0.15) is 6.33 Å². The fourth-order valence-corrected chi connectivity index (χ4v) is 2.76. The van der Waals surface area contributed by atoms with E-state index in [4.69, 9.17) is 4.74 Å². The number of methoxy groups -OCH3 is 1. The second-order valence-electron chi connectivity index (χ2n) is 3.91. The summed E-state index contributed by atoms with van der Waals surface area (Å²) in [6.07, 6.45) is 3.24. The number of aromatic nitrogens is 3. The SMILES string of the molecule is COc1ncncc1-c1ccc(C)c2scnc12. The first-order valence-electron chi connectivity index (χ1n) is 5.48. The normalized spacial score (nSPS) is 10.8. The number of thiazole rings is 1. The number of benzene rings is 1. The van der Waals surface area contributed by atoms with Crippen molar-refractivity contribution in [2.75, 3.05) is 7.11 Å². The molecule has 18 heavy (non-hydrogen) atoms. The molecule has 0 saturated carbocycles. The predicted octanol–water partition coefficient (Wildman–Crippen LogP) is 3.07. The van der Waals surface area contributed by atoms with Crippen LogP contribution in [0.2, 0.25) is 0 Å². The van der Waals surface area contributed by atoms with Gasteiger partial charge in [-0.05, 0) is 12.5 Å². The smallest absolute Gasteiger partial charge is 0.224 e. The Morgan fingerprint density at radius 1 is 1.17 bits per heavy atom.